The molecule has 1 aromatic heterocycles. The Morgan fingerprint density at radius 1 is 1.12 bits per heavy atom. The van der Waals surface area contributed by atoms with Crippen molar-refractivity contribution in [3.63, 3.8) is 0 Å². The van der Waals surface area contributed by atoms with E-state index in [2.05, 4.69) is 25.9 Å². The van der Waals surface area contributed by atoms with Crippen LogP contribution in [0.3, 0.4) is 0 Å². The van der Waals surface area contributed by atoms with Crippen molar-refractivity contribution < 1.29 is 24.3 Å². The van der Waals surface area contributed by atoms with Crippen molar-refractivity contribution in [2.45, 2.75) is 50.2 Å². The Hall–Kier alpha value is -2.64. The van der Waals surface area contributed by atoms with Gasteiger partial charge in [0, 0.05) is 18.3 Å². The molecule has 1 heterocycles. The monoisotopic (exact) mass is 471 g/mol. The summed E-state index contributed by atoms with van der Waals surface area (Å²) in [7, 11) is 0. The topological polar surface area (TPSA) is 205 Å². The second-order valence-electron chi connectivity index (χ2n) is 7.19. The van der Waals surface area contributed by atoms with Gasteiger partial charge in [-0.05, 0) is 44.2 Å². The second kappa shape index (κ2) is 15.2. The van der Waals surface area contributed by atoms with Crippen molar-refractivity contribution >= 4 is 35.5 Å². The van der Waals surface area contributed by atoms with E-state index in [0.29, 0.717) is 37.3 Å². The number of carboxylic acid groups (broad SMARTS) is 1. The Kier molecular flexibility index (Phi) is 13.0. The Balaban J connectivity index is 2.90. The lowest BCUT2D eigenvalue weighted by Crippen LogP contribution is -2.56. The minimum Gasteiger partial charge on any atom is -0.480 e. The molecule has 12 nitrogen and oxygen atoms in total. The summed E-state index contributed by atoms with van der Waals surface area (Å²) in [5.74, 6) is -2.20. The van der Waals surface area contributed by atoms with Crippen molar-refractivity contribution in [1.82, 2.24) is 25.9 Å². The molecule has 0 saturated heterocycles. The Labute approximate surface area is 191 Å². The number of carboxylic acids is 1. The summed E-state index contributed by atoms with van der Waals surface area (Å²) in [5, 5.41) is 16.3. The van der Waals surface area contributed by atoms with Gasteiger partial charge in [0.2, 0.25) is 17.7 Å². The molecule has 0 saturated carbocycles. The van der Waals surface area contributed by atoms with Crippen molar-refractivity contribution in [2.75, 3.05) is 25.1 Å². The Morgan fingerprint density at radius 3 is 2.44 bits per heavy atom. The van der Waals surface area contributed by atoms with Gasteiger partial charge in [-0.25, -0.2) is 4.98 Å². The first-order chi connectivity index (χ1) is 15.3. The molecule has 0 fully saturated rings. The van der Waals surface area contributed by atoms with Crippen LogP contribution in [0.4, 0.5) is 0 Å². The van der Waals surface area contributed by atoms with Crippen LogP contribution in [0.25, 0.3) is 0 Å². The van der Waals surface area contributed by atoms with E-state index < -0.39 is 48.4 Å². The summed E-state index contributed by atoms with van der Waals surface area (Å²) in [6, 6.07) is -2.76. The number of hydrogen-bond donors (Lipinski definition) is 7. The number of thioether (sulfide) groups is 1. The number of amides is 3. The average Bonchev–Trinajstić information content (AvgIpc) is 3.27. The first kappa shape index (κ1) is 27.4. The summed E-state index contributed by atoms with van der Waals surface area (Å²) in [5.41, 5.74) is 12.0. The Bertz CT molecular complexity index is 732. The molecule has 9 N–H and O–H groups in total. The molecule has 0 aromatic carbocycles. The van der Waals surface area contributed by atoms with E-state index >= 15 is 0 Å². The summed E-state index contributed by atoms with van der Waals surface area (Å²) < 4.78 is 0. The number of hydrogen-bond acceptors (Lipinski definition) is 8. The molecule has 180 valence electrons. The number of aliphatic carboxylic acids is 1. The normalized spacial score (nSPS) is 13.6. The summed E-state index contributed by atoms with van der Waals surface area (Å²) in [6.45, 7) is -0.148. The van der Waals surface area contributed by atoms with Gasteiger partial charge < -0.3 is 37.5 Å². The van der Waals surface area contributed by atoms with Gasteiger partial charge in [-0.3, -0.25) is 19.2 Å². The number of carbonyl (C=O) groups excluding carboxylic acids is 3. The molecule has 3 unspecified atom stereocenters. The molecule has 0 radical (unpaired) electrons. The quantitative estimate of drug-likeness (QED) is 0.137. The van der Waals surface area contributed by atoms with Crippen LogP contribution in [0, 0.1) is 0 Å². The number of carbonyl (C=O) groups is 4. The average molecular weight is 472 g/mol. The number of nitrogens with zero attached hydrogens (tertiary/aromatic N) is 1. The van der Waals surface area contributed by atoms with Gasteiger partial charge in [0.05, 0.1) is 12.4 Å². The largest absolute Gasteiger partial charge is 0.480 e. The van der Waals surface area contributed by atoms with E-state index in [0.717, 1.165) is 0 Å². The number of unbranched alkanes of at least 4 members (excludes halogenated alkanes) is 1. The number of nitrogens with one attached hydrogen (secondary N) is 4. The highest BCUT2D eigenvalue weighted by Gasteiger charge is 2.28. The molecule has 3 amide bonds. The minimum atomic E-state index is -1.20. The molecule has 0 aliphatic rings. The number of imidazole rings is 1. The van der Waals surface area contributed by atoms with Crippen LogP contribution < -0.4 is 27.4 Å². The maximum absolute atomic E-state index is 13.0. The molecule has 3 atom stereocenters. The molecule has 0 aliphatic carbocycles. The van der Waals surface area contributed by atoms with Gasteiger partial charge in [-0.15, -0.1) is 0 Å². The fourth-order valence-electron chi connectivity index (χ4n) is 2.80. The van der Waals surface area contributed by atoms with E-state index in [-0.39, 0.29) is 12.8 Å². The van der Waals surface area contributed by atoms with Gasteiger partial charge in [0.25, 0.3) is 0 Å². The third-order valence-corrected chi connectivity index (χ3v) is 5.22. The molecule has 1 rings (SSSR count). The Morgan fingerprint density at radius 2 is 1.84 bits per heavy atom. The van der Waals surface area contributed by atoms with Crippen LogP contribution in [0.15, 0.2) is 12.5 Å². The standard InChI is InChI=1S/C19H33N7O5S/c1-32-7-5-13(21)17(29)26-15(8-12-9-22-11-24-12)19(31)25-14(4-2-3-6-20)18(30)23-10-16(27)28/h9,11,13-15H,2-8,10,20-21H2,1H3,(H,22,24)(H,23,30)(H,25,31)(H,26,29)(H,27,28). The zero-order valence-corrected chi connectivity index (χ0v) is 19.0. The fraction of sp³-hybridized carbons (Fsp3) is 0.632. The zero-order chi connectivity index (χ0) is 23.9. The molecule has 1 aromatic rings. The molecule has 0 spiro atoms. The molecule has 0 aliphatic heterocycles. The minimum absolute atomic E-state index is 0.110. The highest BCUT2D eigenvalue weighted by atomic mass is 32.2. The van der Waals surface area contributed by atoms with Crippen LogP contribution in [-0.2, 0) is 25.6 Å². The van der Waals surface area contributed by atoms with Crippen molar-refractivity contribution in [2.24, 2.45) is 11.5 Å². The van der Waals surface area contributed by atoms with Crippen LogP contribution in [0.2, 0.25) is 0 Å². The van der Waals surface area contributed by atoms with Gasteiger partial charge in [0.1, 0.15) is 18.6 Å². The van der Waals surface area contributed by atoms with Crippen molar-refractivity contribution in [3.8, 4) is 0 Å². The first-order valence-corrected chi connectivity index (χ1v) is 11.7. The molecule has 32 heavy (non-hydrogen) atoms. The highest BCUT2D eigenvalue weighted by molar-refractivity contribution is 7.98. The predicted octanol–water partition coefficient (Wildman–Crippen LogP) is -1.67. The third-order valence-electron chi connectivity index (χ3n) is 4.58. The predicted molar refractivity (Wildman–Crippen MR) is 121 cm³/mol. The number of aromatic nitrogens is 2. The van der Waals surface area contributed by atoms with E-state index in [1.54, 1.807) is 11.8 Å². The number of nitrogens with two attached hydrogens (primary N) is 2. The van der Waals surface area contributed by atoms with E-state index in [1.165, 1.54) is 12.5 Å². The lowest BCUT2D eigenvalue weighted by Gasteiger charge is -2.24. The van der Waals surface area contributed by atoms with Gasteiger partial charge in [0.15, 0.2) is 0 Å². The van der Waals surface area contributed by atoms with Crippen molar-refractivity contribution in [1.29, 1.82) is 0 Å². The summed E-state index contributed by atoms with van der Waals surface area (Å²) in [4.78, 5) is 55.5. The van der Waals surface area contributed by atoms with Gasteiger partial charge in [-0.2, -0.15) is 11.8 Å². The van der Waals surface area contributed by atoms with Gasteiger partial charge >= 0.3 is 5.97 Å². The van der Waals surface area contributed by atoms with Crippen LogP contribution >= 0.6 is 11.8 Å². The second-order valence-corrected chi connectivity index (χ2v) is 8.17. The maximum atomic E-state index is 13.0. The fourth-order valence-corrected chi connectivity index (χ4v) is 3.29. The highest BCUT2D eigenvalue weighted by Crippen LogP contribution is 2.06. The van der Waals surface area contributed by atoms with E-state index in [9.17, 15) is 19.2 Å². The maximum Gasteiger partial charge on any atom is 0.322 e. The lowest BCUT2D eigenvalue weighted by molar-refractivity contribution is -0.138. The molecular formula is C19H33N7O5S. The lowest BCUT2D eigenvalue weighted by atomic mass is 10.1. The number of aromatic amines is 1. The summed E-state index contributed by atoms with van der Waals surface area (Å²) in [6.07, 6.45) is 6.90. The molecule has 13 heteroatoms. The van der Waals surface area contributed by atoms with E-state index in [1.807, 2.05) is 6.26 Å². The number of rotatable bonds is 16. The van der Waals surface area contributed by atoms with E-state index in [4.69, 9.17) is 16.6 Å². The third kappa shape index (κ3) is 10.6. The zero-order valence-electron chi connectivity index (χ0n) is 18.1. The van der Waals surface area contributed by atoms with Crippen molar-refractivity contribution in [3.05, 3.63) is 18.2 Å². The SMILES string of the molecule is CSCCC(N)C(=O)NC(Cc1cnc[nH]1)C(=O)NC(CCCCN)C(=O)NCC(=O)O. The van der Waals surface area contributed by atoms with Crippen LogP contribution in [-0.4, -0.2) is 82.0 Å². The first-order valence-electron chi connectivity index (χ1n) is 10.3. The van der Waals surface area contributed by atoms with Gasteiger partial charge in [-0.1, -0.05) is 0 Å². The van der Waals surface area contributed by atoms with Crippen LogP contribution in [0.1, 0.15) is 31.4 Å². The summed E-state index contributed by atoms with van der Waals surface area (Å²) >= 11 is 1.56. The van der Waals surface area contributed by atoms with Crippen LogP contribution in [0.5, 0.6) is 0 Å². The smallest absolute Gasteiger partial charge is 0.322 e. The molecular weight excluding hydrogens is 438 g/mol. The molecule has 0 bridgehead atoms. The number of H-pyrrole nitrogens is 1.